The van der Waals surface area contributed by atoms with Gasteiger partial charge < -0.3 is 15.5 Å². The molecule has 3 nitrogen and oxygen atoms in total. The van der Waals surface area contributed by atoms with Crippen molar-refractivity contribution in [3.05, 3.63) is 0 Å². The van der Waals surface area contributed by atoms with Crippen LogP contribution in [0.25, 0.3) is 0 Å². The summed E-state index contributed by atoms with van der Waals surface area (Å²) in [4.78, 5) is 2.58. The third-order valence-corrected chi connectivity index (χ3v) is 4.15. The maximum atomic E-state index is 4.29. The van der Waals surface area contributed by atoms with Crippen molar-refractivity contribution in [2.45, 2.75) is 44.8 Å². The molecule has 5 heteroatoms. The van der Waals surface area contributed by atoms with E-state index in [9.17, 15) is 0 Å². The van der Waals surface area contributed by atoms with Gasteiger partial charge >= 0.3 is 0 Å². The van der Waals surface area contributed by atoms with Crippen LogP contribution in [-0.2, 0) is 0 Å². The minimum atomic E-state index is 0.570. The summed E-state index contributed by atoms with van der Waals surface area (Å²) in [6.07, 6.45) is 2.44. The number of hydrogen-bond donors (Lipinski definition) is 4. The predicted octanol–water partition coefficient (Wildman–Crippen LogP) is 1.27. The van der Waals surface area contributed by atoms with E-state index < -0.39 is 0 Å². The van der Waals surface area contributed by atoms with Crippen molar-refractivity contribution >= 4 is 25.3 Å². The van der Waals surface area contributed by atoms with E-state index in [-0.39, 0.29) is 0 Å². The number of nitrogens with one attached hydrogen (secondary N) is 2. The Morgan fingerprint density at radius 2 is 1.44 bits per heavy atom. The fraction of sp³-hybridized carbons (Fsp3) is 1.00. The van der Waals surface area contributed by atoms with Crippen LogP contribution in [0, 0.1) is 0 Å². The molecule has 0 spiro atoms. The van der Waals surface area contributed by atoms with Crippen molar-refractivity contribution in [2.24, 2.45) is 0 Å². The summed E-state index contributed by atoms with van der Waals surface area (Å²) in [6.45, 7) is 8.96. The van der Waals surface area contributed by atoms with Crippen LogP contribution in [0.4, 0.5) is 0 Å². The van der Waals surface area contributed by atoms with Crippen LogP contribution in [0.5, 0.6) is 0 Å². The van der Waals surface area contributed by atoms with Crippen LogP contribution in [-0.4, -0.2) is 60.7 Å². The van der Waals surface area contributed by atoms with E-state index in [1.807, 2.05) is 0 Å². The van der Waals surface area contributed by atoms with Crippen LogP contribution in [0.2, 0.25) is 0 Å². The van der Waals surface area contributed by atoms with Crippen molar-refractivity contribution in [1.29, 1.82) is 0 Å². The maximum absolute atomic E-state index is 4.29. The Morgan fingerprint density at radius 1 is 1.00 bits per heavy atom. The number of likely N-dealkylation sites (tertiary alicyclic amines) is 1. The minimum Gasteiger partial charge on any atom is -0.312 e. The third kappa shape index (κ3) is 5.70. The smallest absolute Gasteiger partial charge is 0.0234 e. The van der Waals surface area contributed by atoms with Gasteiger partial charge in [0.05, 0.1) is 0 Å². The fourth-order valence-corrected chi connectivity index (χ4v) is 2.89. The zero-order valence-electron chi connectivity index (χ0n) is 11.7. The molecule has 0 radical (unpaired) electrons. The molecule has 0 aromatic rings. The van der Waals surface area contributed by atoms with Gasteiger partial charge in [0.25, 0.3) is 0 Å². The average Bonchev–Trinajstić information content (AvgIpc) is 2.56. The molecule has 1 rings (SSSR count). The third-order valence-electron chi connectivity index (χ3n) is 3.71. The zero-order chi connectivity index (χ0) is 13.4. The van der Waals surface area contributed by atoms with Crippen molar-refractivity contribution in [2.75, 3.05) is 37.7 Å². The Hall–Kier alpha value is 0.580. The molecule has 0 aromatic carbocycles. The number of thiol groups is 2. The largest absolute Gasteiger partial charge is 0.312 e. The molecule has 0 bridgehead atoms. The molecule has 1 saturated heterocycles. The Bertz CT molecular complexity index is 196. The van der Waals surface area contributed by atoms with Gasteiger partial charge in [0.1, 0.15) is 0 Å². The number of hydrogen-bond acceptors (Lipinski definition) is 5. The van der Waals surface area contributed by atoms with Crippen molar-refractivity contribution in [3.8, 4) is 0 Å². The molecule has 0 amide bonds. The summed E-state index contributed by atoms with van der Waals surface area (Å²) in [6, 6.07) is 1.79. The van der Waals surface area contributed by atoms with Gasteiger partial charge in [0.15, 0.2) is 0 Å². The molecule has 18 heavy (non-hydrogen) atoms. The summed E-state index contributed by atoms with van der Waals surface area (Å²) in [5, 5.41) is 7.28. The van der Waals surface area contributed by atoms with E-state index in [0.717, 1.165) is 24.6 Å². The Kier molecular flexibility index (Phi) is 8.76. The van der Waals surface area contributed by atoms with E-state index in [1.54, 1.807) is 0 Å². The lowest BCUT2D eigenvalue weighted by Crippen LogP contribution is -2.48. The second kappa shape index (κ2) is 9.48. The number of rotatable bonds is 7. The van der Waals surface area contributed by atoms with Gasteiger partial charge in [-0.2, -0.15) is 25.3 Å². The topological polar surface area (TPSA) is 27.3 Å². The zero-order valence-corrected chi connectivity index (χ0v) is 13.5. The van der Waals surface area contributed by atoms with Crippen LogP contribution in [0.3, 0.4) is 0 Å². The molecule has 0 aromatic heterocycles. The van der Waals surface area contributed by atoms with Crippen molar-refractivity contribution in [3.63, 3.8) is 0 Å². The predicted molar refractivity (Wildman–Crippen MR) is 87.2 cm³/mol. The highest BCUT2D eigenvalue weighted by Gasteiger charge is 2.26. The van der Waals surface area contributed by atoms with Crippen LogP contribution >= 0.6 is 25.3 Å². The van der Waals surface area contributed by atoms with Gasteiger partial charge in [0.2, 0.25) is 0 Å². The number of nitrogens with zero attached hydrogens (tertiary/aromatic N) is 1. The highest BCUT2D eigenvalue weighted by atomic mass is 32.1. The minimum absolute atomic E-state index is 0.570. The van der Waals surface area contributed by atoms with E-state index in [4.69, 9.17) is 0 Å². The summed E-state index contributed by atoms with van der Waals surface area (Å²) >= 11 is 8.58. The first kappa shape index (κ1) is 16.6. The molecule has 1 aliphatic rings. The van der Waals surface area contributed by atoms with Crippen LogP contribution in [0.1, 0.15) is 26.7 Å². The summed E-state index contributed by atoms with van der Waals surface area (Å²) in [5.41, 5.74) is 0. The Balaban J connectivity index is 2.52. The second-order valence-electron chi connectivity index (χ2n) is 5.28. The standard InChI is InChI=1S/C13H29N3S2/c1-11(2)16-7-3-12(14-5-9-17)13(4-8-16)15-6-10-18/h11-15,17-18H,3-10H2,1-2H3/t12-,13-/m1/s1. The van der Waals surface area contributed by atoms with Gasteiger partial charge in [-0.3, -0.25) is 0 Å². The van der Waals surface area contributed by atoms with Crippen molar-refractivity contribution < 1.29 is 0 Å². The monoisotopic (exact) mass is 291 g/mol. The fourth-order valence-electron chi connectivity index (χ4n) is 2.63. The molecule has 0 saturated carbocycles. The molecular weight excluding hydrogens is 262 g/mol. The summed E-state index contributed by atoms with van der Waals surface area (Å²) in [7, 11) is 0. The molecule has 1 aliphatic heterocycles. The first-order valence-corrected chi connectivity index (χ1v) is 8.38. The first-order valence-electron chi connectivity index (χ1n) is 7.11. The van der Waals surface area contributed by atoms with Gasteiger partial charge in [-0.25, -0.2) is 0 Å². The molecule has 108 valence electrons. The lowest BCUT2D eigenvalue weighted by atomic mass is 10.0. The SMILES string of the molecule is CC(C)N1CC[C@@H](NCCS)[C@H](NCCS)CC1. The van der Waals surface area contributed by atoms with E-state index in [1.165, 1.54) is 25.9 Å². The quantitative estimate of drug-likeness (QED) is 0.532. The van der Waals surface area contributed by atoms with Crippen molar-refractivity contribution in [1.82, 2.24) is 15.5 Å². The van der Waals surface area contributed by atoms with Gasteiger partial charge in [-0.05, 0) is 39.8 Å². The highest BCUT2D eigenvalue weighted by Crippen LogP contribution is 2.14. The molecular formula is C13H29N3S2. The van der Waals surface area contributed by atoms with Crippen LogP contribution < -0.4 is 10.6 Å². The normalized spacial score (nSPS) is 26.5. The lowest BCUT2D eigenvalue weighted by molar-refractivity contribution is 0.228. The molecule has 0 unspecified atom stereocenters. The van der Waals surface area contributed by atoms with Gasteiger partial charge in [-0.15, -0.1) is 0 Å². The second-order valence-corrected chi connectivity index (χ2v) is 6.17. The Morgan fingerprint density at radius 3 is 1.78 bits per heavy atom. The molecule has 1 fully saturated rings. The van der Waals surface area contributed by atoms with Gasteiger partial charge in [-0.1, -0.05) is 0 Å². The molecule has 1 heterocycles. The van der Waals surface area contributed by atoms with Crippen LogP contribution in [0.15, 0.2) is 0 Å². The highest BCUT2D eigenvalue weighted by molar-refractivity contribution is 7.80. The Labute approximate surface area is 123 Å². The van der Waals surface area contributed by atoms with E-state index >= 15 is 0 Å². The lowest BCUT2D eigenvalue weighted by Gasteiger charge is -2.26. The first-order chi connectivity index (χ1) is 8.69. The molecule has 2 N–H and O–H groups in total. The van der Waals surface area contributed by atoms with E-state index in [0.29, 0.717) is 18.1 Å². The van der Waals surface area contributed by atoms with E-state index in [2.05, 4.69) is 54.6 Å². The molecule has 0 aliphatic carbocycles. The summed E-state index contributed by atoms with van der Waals surface area (Å²) in [5.74, 6) is 1.81. The van der Waals surface area contributed by atoms with Gasteiger partial charge in [0, 0.05) is 42.7 Å². The average molecular weight is 292 g/mol. The molecule has 2 atom stereocenters. The maximum Gasteiger partial charge on any atom is 0.0234 e. The summed E-state index contributed by atoms with van der Waals surface area (Å²) < 4.78 is 0.